The molecule has 22 heavy (non-hydrogen) atoms. The molecular formula is C16H13FN2O3. The summed E-state index contributed by atoms with van der Waals surface area (Å²) in [4.78, 5) is 15.5. The Balaban J connectivity index is 1.95. The number of pyridine rings is 1. The molecule has 112 valence electrons. The molecule has 2 heterocycles. The van der Waals surface area contributed by atoms with Crippen LogP contribution >= 0.6 is 0 Å². The maximum absolute atomic E-state index is 12.9. The van der Waals surface area contributed by atoms with E-state index in [9.17, 15) is 14.3 Å². The van der Waals surface area contributed by atoms with Gasteiger partial charge in [-0.05, 0) is 42.8 Å². The Hall–Kier alpha value is -2.89. The van der Waals surface area contributed by atoms with Gasteiger partial charge in [-0.1, -0.05) is 6.07 Å². The van der Waals surface area contributed by atoms with Crippen molar-refractivity contribution in [2.24, 2.45) is 0 Å². The molecule has 0 unspecified atom stereocenters. The van der Waals surface area contributed by atoms with Gasteiger partial charge in [0, 0.05) is 6.20 Å². The minimum Gasteiger partial charge on any atom is -0.486 e. The lowest BCUT2D eigenvalue weighted by Gasteiger charge is -2.06. The van der Waals surface area contributed by atoms with E-state index in [1.54, 1.807) is 10.6 Å². The SMILES string of the molecule is Cc1cccn2c(COc3ccc(F)cc3)nc(C(=O)O)c12. The first-order valence-corrected chi connectivity index (χ1v) is 6.64. The van der Waals surface area contributed by atoms with Crippen LogP contribution in [0.1, 0.15) is 21.9 Å². The summed E-state index contributed by atoms with van der Waals surface area (Å²) in [5.41, 5.74) is 1.36. The number of aromatic carboxylic acids is 1. The Bertz CT molecular complexity index is 840. The first-order valence-electron chi connectivity index (χ1n) is 6.64. The van der Waals surface area contributed by atoms with Crippen molar-refractivity contribution in [2.75, 3.05) is 0 Å². The highest BCUT2D eigenvalue weighted by molar-refractivity contribution is 5.94. The van der Waals surface area contributed by atoms with E-state index < -0.39 is 5.97 Å². The van der Waals surface area contributed by atoms with E-state index in [2.05, 4.69) is 4.98 Å². The van der Waals surface area contributed by atoms with E-state index in [1.165, 1.54) is 24.3 Å². The Morgan fingerprint density at radius 2 is 2.05 bits per heavy atom. The van der Waals surface area contributed by atoms with Crippen molar-refractivity contribution in [1.82, 2.24) is 9.38 Å². The molecule has 5 nitrogen and oxygen atoms in total. The number of carboxylic acid groups (broad SMARTS) is 1. The van der Waals surface area contributed by atoms with Crippen molar-refractivity contribution in [3.8, 4) is 5.75 Å². The largest absolute Gasteiger partial charge is 0.486 e. The number of nitrogens with zero attached hydrogens (tertiary/aromatic N) is 2. The molecular weight excluding hydrogens is 287 g/mol. The second-order valence-electron chi connectivity index (χ2n) is 4.83. The summed E-state index contributed by atoms with van der Waals surface area (Å²) >= 11 is 0. The summed E-state index contributed by atoms with van der Waals surface area (Å²) < 4.78 is 20.1. The van der Waals surface area contributed by atoms with Crippen LogP contribution in [0.3, 0.4) is 0 Å². The molecule has 0 amide bonds. The van der Waals surface area contributed by atoms with Crippen molar-refractivity contribution in [3.63, 3.8) is 0 Å². The molecule has 0 spiro atoms. The number of rotatable bonds is 4. The molecule has 0 radical (unpaired) electrons. The van der Waals surface area contributed by atoms with E-state index in [0.717, 1.165) is 5.56 Å². The zero-order valence-corrected chi connectivity index (χ0v) is 11.8. The van der Waals surface area contributed by atoms with Crippen LogP contribution in [0.5, 0.6) is 5.75 Å². The fourth-order valence-corrected chi connectivity index (χ4v) is 2.30. The van der Waals surface area contributed by atoms with Crippen molar-refractivity contribution in [1.29, 1.82) is 0 Å². The predicted octanol–water partition coefficient (Wildman–Crippen LogP) is 3.06. The first-order chi connectivity index (χ1) is 10.6. The van der Waals surface area contributed by atoms with Gasteiger partial charge in [0.15, 0.2) is 11.5 Å². The summed E-state index contributed by atoms with van der Waals surface area (Å²) in [6.07, 6.45) is 1.74. The smallest absolute Gasteiger partial charge is 0.356 e. The molecule has 0 aliphatic heterocycles. The van der Waals surface area contributed by atoms with Crippen molar-refractivity contribution >= 4 is 11.5 Å². The number of imidazole rings is 1. The summed E-state index contributed by atoms with van der Waals surface area (Å²) in [5.74, 6) is -0.467. The Morgan fingerprint density at radius 1 is 1.32 bits per heavy atom. The Labute approximate surface area is 125 Å². The summed E-state index contributed by atoms with van der Waals surface area (Å²) in [6, 6.07) is 9.26. The lowest BCUT2D eigenvalue weighted by molar-refractivity contribution is 0.0693. The van der Waals surface area contributed by atoms with Crippen LogP contribution in [0, 0.1) is 12.7 Å². The topological polar surface area (TPSA) is 63.8 Å². The van der Waals surface area contributed by atoms with E-state index in [1.807, 2.05) is 19.1 Å². The molecule has 0 fully saturated rings. The maximum atomic E-state index is 12.9. The summed E-state index contributed by atoms with van der Waals surface area (Å²) in [7, 11) is 0. The number of ether oxygens (including phenoxy) is 1. The molecule has 0 bridgehead atoms. The molecule has 2 aromatic heterocycles. The second-order valence-corrected chi connectivity index (χ2v) is 4.83. The molecule has 3 aromatic rings. The normalized spacial score (nSPS) is 10.8. The predicted molar refractivity (Wildman–Crippen MR) is 77.6 cm³/mol. The Morgan fingerprint density at radius 3 is 2.73 bits per heavy atom. The van der Waals surface area contributed by atoms with Crippen LogP contribution in [0.2, 0.25) is 0 Å². The third kappa shape index (κ3) is 2.50. The number of benzene rings is 1. The van der Waals surface area contributed by atoms with Crippen LogP contribution in [-0.4, -0.2) is 20.5 Å². The second kappa shape index (κ2) is 5.48. The summed E-state index contributed by atoms with van der Waals surface area (Å²) in [6.45, 7) is 1.91. The van der Waals surface area contributed by atoms with Gasteiger partial charge in [-0.3, -0.25) is 4.40 Å². The number of halogens is 1. The van der Waals surface area contributed by atoms with Crippen molar-refractivity contribution < 1.29 is 19.0 Å². The van der Waals surface area contributed by atoms with Gasteiger partial charge in [-0.15, -0.1) is 0 Å². The molecule has 0 aliphatic carbocycles. The monoisotopic (exact) mass is 300 g/mol. The van der Waals surface area contributed by atoms with E-state index >= 15 is 0 Å². The van der Waals surface area contributed by atoms with Crippen LogP contribution in [0.15, 0.2) is 42.6 Å². The molecule has 6 heteroatoms. The standard InChI is InChI=1S/C16H13FN2O3/c1-10-3-2-8-19-13(18-14(15(10)19)16(20)21)9-22-12-6-4-11(17)5-7-12/h2-8H,9H2,1H3,(H,20,21). The van der Waals surface area contributed by atoms with Gasteiger partial charge in [0.1, 0.15) is 18.2 Å². The third-order valence-corrected chi connectivity index (χ3v) is 3.32. The average Bonchev–Trinajstić information content (AvgIpc) is 2.87. The number of hydrogen-bond acceptors (Lipinski definition) is 3. The van der Waals surface area contributed by atoms with Gasteiger partial charge in [-0.25, -0.2) is 14.2 Å². The lowest BCUT2D eigenvalue weighted by atomic mass is 10.2. The first kappa shape index (κ1) is 14.1. The third-order valence-electron chi connectivity index (χ3n) is 3.32. The van der Waals surface area contributed by atoms with Gasteiger partial charge < -0.3 is 9.84 Å². The highest BCUT2D eigenvalue weighted by Gasteiger charge is 2.18. The molecule has 3 rings (SSSR count). The van der Waals surface area contributed by atoms with Crippen LogP contribution in [-0.2, 0) is 6.61 Å². The van der Waals surface area contributed by atoms with Crippen LogP contribution < -0.4 is 4.74 Å². The number of carbonyl (C=O) groups is 1. The van der Waals surface area contributed by atoms with Gasteiger partial charge in [0.05, 0.1) is 5.52 Å². The minimum absolute atomic E-state index is 0.00388. The van der Waals surface area contributed by atoms with Gasteiger partial charge in [0.25, 0.3) is 0 Å². The highest BCUT2D eigenvalue weighted by Crippen LogP contribution is 2.19. The number of fused-ring (bicyclic) bond motifs is 1. The molecule has 0 saturated carbocycles. The van der Waals surface area contributed by atoms with Gasteiger partial charge in [0.2, 0.25) is 0 Å². The van der Waals surface area contributed by atoms with E-state index in [0.29, 0.717) is 17.1 Å². The zero-order valence-electron chi connectivity index (χ0n) is 11.8. The molecule has 0 aliphatic rings. The van der Waals surface area contributed by atoms with Gasteiger partial charge >= 0.3 is 5.97 Å². The Kier molecular flexibility index (Phi) is 3.50. The minimum atomic E-state index is -1.08. The number of carboxylic acids is 1. The van der Waals surface area contributed by atoms with Gasteiger partial charge in [-0.2, -0.15) is 0 Å². The molecule has 0 atom stereocenters. The average molecular weight is 300 g/mol. The van der Waals surface area contributed by atoms with E-state index in [-0.39, 0.29) is 18.1 Å². The maximum Gasteiger partial charge on any atom is 0.356 e. The molecule has 0 saturated heterocycles. The van der Waals surface area contributed by atoms with E-state index in [4.69, 9.17) is 4.74 Å². The van der Waals surface area contributed by atoms with Crippen LogP contribution in [0.25, 0.3) is 5.52 Å². The number of aryl methyl sites for hydroxylation is 1. The fourth-order valence-electron chi connectivity index (χ4n) is 2.30. The van der Waals surface area contributed by atoms with Crippen LogP contribution in [0.4, 0.5) is 4.39 Å². The zero-order chi connectivity index (χ0) is 15.7. The molecule has 1 aromatic carbocycles. The fraction of sp³-hybridized carbons (Fsp3) is 0.125. The van der Waals surface area contributed by atoms with Crippen molar-refractivity contribution in [2.45, 2.75) is 13.5 Å². The van der Waals surface area contributed by atoms with Crippen molar-refractivity contribution in [3.05, 3.63) is 65.5 Å². The molecule has 1 N–H and O–H groups in total. The number of hydrogen-bond donors (Lipinski definition) is 1. The number of aromatic nitrogens is 2. The quantitative estimate of drug-likeness (QED) is 0.804. The lowest BCUT2D eigenvalue weighted by Crippen LogP contribution is -2.01. The summed E-state index contributed by atoms with van der Waals surface area (Å²) in [5, 5.41) is 9.28. The highest BCUT2D eigenvalue weighted by atomic mass is 19.1.